The smallest absolute Gasteiger partial charge is 0.257 e. The summed E-state index contributed by atoms with van der Waals surface area (Å²) in [5, 5.41) is 4.40. The van der Waals surface area contributed by atoms with Gasteiger partial charge in [0.25, 0.3) is 5.56 Å². The molecule has 4 aromatic rings. The number of piperazine rings is 1. The van der Waals surface area contributed by atoms with Crippen molar-refractivity contribution < 1.29 is 9.53 Å². The summed E-state index contributed by atoms with van der Waals surface area (Å²) < 4.78 is 8.62. The normalized spacial score (nSPS) is 14.7. The predicted molar refractivity (Wildman–Crippen MR) is 149 cm³/mol. The Hall–Kier alpha value is -3.16. The molecule has 0 unspecified atom stereocenters. The molecule has 0 saturated carbocycles. The lowest BCUT2D eigenvalue weighted by Gasteiger charge is -2.36. The van der Waals surface area contributed by atoms with Crippen molar-refractivity contribution in [2.75, 3.05) is 44.2 Å². The van der Waals surface area contributed by atoms with Gasteiger partial charge in [-0.05, 0) is 66.6 Å². The van der Waals surface area contributed by atoms with Crippen molar-refractivity contribution in [2.45, 2.75) is 26.7 Å². The number of anilines is 1. The van der Waals surface area contributed by atoms with Gasteiger partial charge in [-0.2, -0.15) is 0 Å². The van der Waals surface area contributed by atoms with Crippen LogP contribution in [0.15, 0.2) is 64.8 Å². The monoisotopic (exact) mass is 503 g/mol. The van der Waals surface area contributed by atoms with Crippen LogP contribution in [0.1, 0.15) is 31.5 Å². The number of nitrogens with zero attached hydrogens (tertiary/aromatic N) is 3. The molecule has 0 aliphatic carbocycles. The molecule has 1 saturated heterocycles. The summed E-state index contributed by atoms with van der Waals surface area (Å²) in [4.78, 5) is 30.0. The Morgan fingerprint density at radius 3 is 2.61 bits per heavy atom. The average Bonchev–Trinajstić information content (AvgIpc) is 3.37. The van der Waals surface area contributed by atoms with Gasteiger partial charge in [-0.15, -0.1) is 11.3 Å². The number of carbonyl (C=O) groups is 1. The minimum absolute atomic E-state index is 0.199. The van der Waals surface area contributed by atoms with E-state index in [1.54, 1.807) is 31.3 Å². The number of benzene rings is 2. The first-order valence-electron chi connectivity index (χ1n) is 12.8. The molecule has 1 fully saturated rings. The molecular weight excluding hydrogens is 470 g/mol. The lowest BCUT2D eigenvalue weighted by atomic mass is 10.1. The summed E-state index contributed by atoms with van der Waals surface area (Å²) in [5.41, 5.74) is 1.66. The number of hydrogen-bond acceptors (Lipinski definition) is 6. The van der Waals surface area contributed by atoms with Crippen LogP contribution >= 0.6 is 11.3 Å². The molecule has 0 N–H and O–H groups in total. The SMILES string of the molecule is CC(C)C(=O)n1c(=O)ccc2ccc(OCCCCN3CCN(c4cccc5sccc45)CC3)cc21. The standard InChI is InChI=1S/C29H33N3O3S/c1-21(2)29(34)32-26-20-23(10-8-22(26)9-11-28(32)33)35-18-4-3-13-30-14-16-31(17-15-30)25-6-5-7-27-24(25)12-19-36-27/h5-12,19-21H,3-4,13-18H2,1-2H3. The van der Waals surface area contributed by atoms with Crippen LogP contribution in [-0.2, 0) is 0 Å². The fraction of sp³-hybridized carbons (Fsp3) is 0.379. The molecule has 2 aromatic heterocycles. The van der Waals surface area contributed by atoms with E-state index in [4.69, 9.17) is 4.74 Å². The van der Waals surface area contributed by atoms with Crippen LogP contribution in [-0.4, -0.2) is 54.7 Å². The largest absolute Gasteiger partial charge is 0.494 e. The molecule has 1 aliphatic heterocycles. The number of thiophene rings is 1. The minimum atomic E-state index is -0.301. The first kappa shape index (κ1) is 24.5. The molecule has 2 aromatic carbocycles. The summed E-state index contributed by atoms with van der Waals surface area (Å²) >= 11 is 1.81. The van der Waals surface area contributed by atoms with Crippen molar-refractivity contribution in [3.8, 4) is 5.75 Å². The van der Waals surface area contributed by atoms with Gasteiger partial charge in [-0.1, -0.05) is 19.9 Å². The molecule has 1 aliphatic rings. The van der Waals surface area contributed by atoms with Gasteiger partial charge >= 0.3 is 0 Å². The summed E-state index contributed by atoms with van der Waals surface area (Å²) in [6, 6.07) is 17.7. The molecule has 6 nitrogen and oxygen atoms in total. The Kier molecular flexibility index (Phi) is 7.39. The van der Waals surface area contributed by atoms with E-state index in [-0.39, 0.29) is 17.4 Å². The molecule has 0 amide bonds. The highest BCUT2D eigenvalue weighted by atomic mass is 32.1. The first-order valence-corrected chi connectivity index (χ1v) is 13.7. The summed E-state index contributed by atoms with van der Waals surface area (Å²) in [5.74, 6) is 0.230. The zero-order valence-corrected chi connectivity index (χ0v) is 21.8. The van der Waals surface area contributed by atoms with Crippen LogP contribution in [0.3, 0.4) is 0 Å². The second-order valence-electron chi connectivity index (χ2n) is 9.71. The maximum Gasteiger partial charge on any atom is 0.257 e. The van der Waals surface area contributed by atoms with Crippen LogP contribution in [0.4, 0.5) is 5.69 Å². The molecule has 0 spiro atoms. The van der Waals surface area contributed by atoms with Gasteiger partial charge in [0.05, 0.1) is 12.1 Å². The molecule has 5 rings (SSSR count). The van der Waals surface area contributed by atoms with Gasteiger partial charge in [0.2, 0.25) is 5.91 Å². The Balaban J connectivity index is 1.10. The predicted octanol–water partition coefficient (Wildman–Crippen LogP) is 5.49. The van der Waals surface area contributed by atoms with Gasteiger partial charge in [-0.3, -0.25) is 14.5 Å². The molecule has 7 heteroatoms. The van der Waals surface area contributed by atoms with Crippen molar-refractivity contribution in [1.29, 1.82) is 0 Å². The van der Waals surface area contributed by atoms with Crippen molar-refractivity contribution in [3.05, 3.63) is 70.3 Å². The van der Waals surface area contributed by atoms with Crippen LogP contribution < -0.4 is 15.2 Å². The van der Waals surface area contributed by atoms with Crippen molar-refractivity contribution in [2.24, 2.45) is 5.92 Å². The maximum atomic E-state index is 12.6. The molecule has 0 radical (unpaired) electrons. The van der Waals surface area contributed by atoms with Crippen molar-refractivity contribution in [3.63, 3.8) is 0 Å². The lowest BCUT2D eigenvalue weighted by molar-refractivity contribution is 0.0856. The Labute approximate surface area is 215 Å². The Morgan fingerprint density at radius 1 is 1.00 bits per heavy atom. The second kappa shape index (κ2) is 10.8. The number of pyridine rings is 1. The summed E-state index contributed by atoms with van der Waals surface area (Å²) in [6.07, 6.45) is 2.03. The maximum absolute atomic E-state index is 12.6. The van der Waals surface area contributed by atoms with Gasteiger partial charge in [-0.25, -0.2) is 4.57 Å². The fourth-order valence-corrected chi connectivity index (χ4v) is 5.69. The van der Waals surface area contributed by atoms with Crippen LogP contribution in [0.25, 0.3) is 21.0 Å². The molecule has 3 heterocycles. The topological polar surface area (TPSA) is 54.8 Å². The van der Waals surface area contributed by atoms with E-state index >= 15 is 0 Å². The van der Waals surface area contributed by atoms with Gasteiger partial charge in [0, 0.05) is 60.0 Å². The van der Waals surface area contributed by atoms with Crippen LogP contribution in [0.5, 0.6) is 5.75 Å². The van der Waals surface area contributed by atoms with Gasteiger partial charge < -0.3 is 9.64 Å². The quantitative estimate of drug-likeness (QED) is 0.298. The molecule has 188 valence electrons. The molecular formula is C29H33N3O3S. The number of ether oxygens (including phenoxy) is 1. The zero-order chi connectivity index (χ0) is 25.1. The third-order valence-corrected chi connectivity index (χ3v) is 7.79. The van der Waals surface area contributed by atoms with E-state index in [9.17, 15) is 9.59 Å². The third kappa shape index (κ3) is 5.18. The molecule has 0 bridgehead atoms. The van der Waals surface area contributed by atoms with E-state index in [1.165, 1.54) is 26.4 Å². The summed E-state index contributed by atoms with van der Waals surface area (Å²) in [7, 11) is 0. The highest BCUT2D eigenvalue weighted by Gasteiger charge is 2.19. The van der Waals surface area contributed by atoms with Crippen LogP contribution in [0, 0.1) is 5.92 Å². The van der Waals surface area contributed by atoms with Gasteiger partial charge in [0.15, 0.2) is 0 Å². The molecule has 0 atom stereocenters. The van der Waals surface area contributed by atoms with E-state index in [1.807, 2.05) is 18.2 Å². The lowest BCUT2D eigenvalue weighted by Crippen LogP contribution is -2.46. The zero-order valence-electron chi connectivity index (χ0n) is 21.0. The first-order chi connectivity index (χ1) is 17.5. The average molecular weight is 504 g/mol. The Bertz CT molecular complexity index is 1420. The number of rotatable bonds is 8. The van der Waals surface area contributed by atoms with Gasteiger partial charge in [0.1, 0.15) is 5.75 Å². The molecule has 36 heavy (non-hydrogen) atoms. The van der Waals surface area contributed by atoms with Crippen LogP contribution in [0.2, 0.25) is 0 Å². The highest BCUT2D eigenvalue weighted by molar-refractivity contribution is 7.17. The van der Waals surface area contributed by atoms with Crippen molar-refractivity contribution in [1.82, 2.24) is 9.47 Å². The summed E-state index contributed by atoms with van der Waals surface area (Å²) in [6.45, 7) is 9.55. The van der Waals surface area contributed by atoms with Crippen molar-refractivity contribution >= 4 is 43.9 Å². The van der Waals surface area contributed by atoms with E-state index in [0.29, 0.717) is 17.9 Å². The van der Waals surface area contributed by atoms with E-state index < -0.39 is 0 Å². The number of hydrogen-bond donors (Lipinski definition) is 0. The number of aromatic nitrogens is 1. The van der Waals surface area contributed by atoms with E-state index in [2.05, 4.69) is 39.4 Å². The number of fused-ring (bicyclic) bond motifs is 2. The second-order valence-corrected chi connectivity index (χ2v) is 10.7. The highest BCUT2D eigenvalue weighted by Crippen LogP contribution is 2.31. The minimum Gasteiger partial charge on any atom is -0.494 e. The number of unbranched alkanes of at least 4 members (excludes halogenated alkanes) is 1. The fourth-order valence-electron chi connectivity index (χ4n) is 4.88. The van der Waals surface area contributed by atoms with E-state index in [0.717, 1.165) is 51.0 Å². The number of carbonyl (C=O) groups excluding carboxylic acids is 1. The Morgan fingerprint density at radius 2 is 1.81 bits per heavy atom. The third-order valence-electron chi connectivity index (χ3n) is 6.91.